The summed E-state index contributed by atoms with van der Waals surface area (Å²) >= 11 is 0. The molecule has 3 atom stereocenters. The summed E-state index contributed by atoms with van der Waals surface area (Å²) in [5, 5.41) is 22.1. The minimum Gasteiger partial charge on any atom is -0.391 e. The zero-order valence-corrected chi connectivity index (χ0v) is 10.0. The summed E-state index contributed by atoms with van der Waals surface area (Å²) in [6.45, 7) is 3.94. The zero-order valence-electron chi connectivity index (χ0n) is 10.0. The Morgan fingerprint density at radius 2 is 2.18 bits per heavy atom. The number of aliphatic hydroxyl groups is 2. The van der Waals surface area contributed by atoms with E-state index >= 15 is 0 Å². The number of carbonyl (C=O) groups excluding carboxylic acids is 2. The highest BCUT2D eigenvalue weighted by atomic mass is 16.3. The highest BCUT2D eigenvalue weighted by molar-refractivity contribution is 5.99. The number of piperazine rings is 1. The van der Waals surface area contributed by atoms with Gasteiger partial charge in [-0.15, -0.1) is 0 Å². The largest absolute Gasteiger partial charge is 0.391 e. The third-order valence-corrected chi connectivity index (χ3v) is 3.30. The quantitative estimate of drug-likeness (QED) is 0.568. The number of hydrogen-bond acceptors (Lipinski definition) is 4. The lowest BCUT2D eigenvalue weighted by Crippen LogP contribution is -2.68. The van der Waals surface area contributed by atoms with E-state index in [1.165, 1.54) is 0 Å². The molecule has 2 fully saturated rings. The van der Waals surface area contributed by atoms with Crippen molar-refractivity contribution in [2.24, 2.45) is 5.92 Å². The van der Waals surface area contributed by atoms with Crippen LogP contribution in [0.3, 0.4) is 0 Å². The first-order valence-electron chi connectivity index (χ1n) is 5.87. The van der Waals surface area contributed by atoms with Crippen LogP contribution in [-0.2, 0) is 9.59 Å². The second kappa shape index (κ2) is 3.96. The molecule has 3 unspecified atom stereocenters. The van der Waals surface area contributed by atoms with E-state index in [1.807, 2.05) is 13.8 Å². The van der Waals surface area contributed by atoms with Gasteiger partial charge in [-0.2, -0.15) is 0 Å². The van der Waals surface area contributed by atoms with Crippen molar-refractivity contribution < 1.29 is 19.8 Å². The topological polar surface area (TPSA) is 89.9 Å². The Kier molecular flexibility index (Phi) is 2.87. The van der Waals surface area contributed by atoms with E-state index in [2.05, 4.69) is 5.32 Å². The number of nitrogens with one attached hydrogen (secondary N) is 1. The Bertz CT molecular complexity index is 357. The molecule has 2 amide bonds. The molecule has 0 aromatic rings. The van der Waals surface area contributed by atoms with Crippen molar-refractivity contribution in [1.29, 1.82) is 0 Å². The third-order valence-electron chi connectivity index (χ3n) is 3.30. The van der Waals surface area contributed by atoms with Crippen molar-refractivity contribution in [3.8, 4) is 0 Å². The molecule has 2 rings (SSSR count). The number of hydrogen-bond donors (Lipinski definition) is 3. The Morgan fingerprint density at radius 3 is 2.76 bits per heavy atom. The molecule has 2 aliphatic heterocycles. The molecule has 2 heterocycles. The molecule has 0 spiro atoms. The van der Waals surface area contributed by atoms with Crippen LogP contribution in [0.15, 0.2) is 0 Å². The summed E-state index contributed by atoms with van der Waals surface area (Å²) in [6, 6.07) is -0.590. The molecular formula is C11H18N2O4. The van der Waals surface area contributed by atoms with Crippen LogP contribution in [0.4, 0.5) is 0 Å². The number of aliphatic hydroxyl groups excluding tert-OH is 1. The van der Waals surface area contributed by atoms with Crippen LogP contribution in [0.2, 0.25) is 0 Å². The molecular weight excluding hydrogens is 224 g/mol. The second-order valence-corrected chi connectivity index (χ2v) is 5.28. The first kappa shape index (κ1) is 12.3. The summed E-state index contributed by atoms with van der Waals surface area (Å²) in [5.41, 5.74) is -1.86. The summed E-state index contributed by atoms with van der Waals surface area (Å²) in [5.74, 6) is -0.625. The van der Waals surface area contributed by atoms with Gasteiger partial charge in [0.05, 0.1) is 12.6 Å². The molecule has 0 bridgehead atoms. The number of carbonyl (C=O) groups is 2. The molecule has 17 heavy (non-hydrogen) atoms. The minimum atomic E-state index is -1.86. The van der Waals surface area contributed by atoms with Gasteiger partial charge in [-0.05, 0) is 12.3 Å². The van der Waals surface area contributed by atoms with Gasteiger partial charge in [0.25, 0.3) is 5.91 Å². The normalized spacial score (nSPS) is 37.4. The molecule has 0 aliphatic carbocycles. The molecule has 6 heteroatoms. The Balaban J connectivity index is 2.22. The molecule has 2 saturated heterocycles. The summed E-state index contributed by atoms with van der Waals surface area (Å²) in [6.07, 6.45) is -0.417. The van der Waals surface area contributed by atoms with E-state index in [0.717, 1.165) is 4.90 Å². The fraction of sp³-hybridized carbons (Fsp3) is 0.818. The molecule has 0 saturated carbocycles. The molecule has 0 radical (unpaired) electrons. The van der Waals surface area contributed by atoms with Crippen molar-refractivity contribution >= 4 is 11.8 Å². The second-order valence-electron chi connectivity index (χ2n) is 5.28. The third kappa shape index (κ3) is 1.91. The van der Waals surface area contributed by atoms with Gasteiger partial charge in [-0.3, -0.25) is 9.59 Å². The van der Waals surface area contributed by atoms with E-state index in [0.29, 0.717) is 6.42 Å². The smallest absolute Gasteiger partial charge is 0.274 e. The van der Waals surface area contributed by atoms with E-state index in [4.69, 9.17) is 0 Å². The maximum Gasteiger partial charge on any atom is 0.274 e. The summed E-state index contributed by atoms with van der Waals surface area (Å²) in [4.78, 5) is 25.0. The maximum absolute atomic E-state index is 12.1. The van der Waals surface area contributed by atoms with Gasteiger partial charge >= 0.3 is 0 Å². The average Bonchev–Trinajstić information content (AvgIpc) is 2.51. The van der Waals surface area contributed by atoms with E-state index in [9.17, 15) is 19.8 Å². The average molecular weight is 242 g/mol. The summed E-state index contributed by atoms with van der Waals surface area (Å²) < 4.78 is 0. The van der Waals surface area contributed by atoms with Crippen LogP contribution in [0.1, 0.15) is 26.7 Å². The van der Waals surface area contributed by atoms with E-state index in [1.54, 1.807) is 0 Å². The predicted octanol–water partition coefficient (Wildman–Crippen LogP) is -1.19. The van der Waals surface area contributed by atoms with Gasteiger partial charge in [0, 0.05) is 6.42 Å². The van der Waals surface area contributed by atoms with Crippen LogP contribution in [0, 0.1) is 5.92 Å². The van der Waals surface area contributed by atoms with Gasteiger partial charge in [0.2, 0.25) is 11.6 Å². The first-order chi connectivity index (χ1) is 7.84. The Labute approximate surface area is 99.6 Å². The Morgan fingerprint density at radius 1 is 1.53 bits per heavy atom. The monoisotopic (exact) mass is 242 g/mol. The lowest BCUT2D eigenvalue weighted by Gasteiger charge is -2.40. The van der Waals surface area contributed by atoms with Gasteiger partial charge in [0.1, 0.15) is 6.04 Å². The van der Waals surface area contributed by atoms with Crippen LogP contribution in [0.25, 0.3) is 0 Å². The van der Waals surface area contributed by atoms with Crippen LogP contribution in [0.5, 0.6) is 0 Å². The van der Waals surface area contributed by atoms with E-state index < -0.39 is 23.8 Å². The highest BCUT2D eigenvalue weighted by Crippen LogP contribution is 2.31. The molecule has 0 aromatic carbocycles. The lowest BCUT2D eigenvalue weighted by atomic mass is 9.97. The summed E-state index contributed by atoms with van der Waals surface area (Å²) in [7, 11) is 0. The number of amides is 2. The van der Waals surface area contributed by atoms with Gasteiger partial charge in [-0.25, -0.2) is 0 Å². The van der Waals surface area contributed by atoms with Crippen molar-refractivity contribution in [2.75, 3.05) is 6.54 Å². The standard InChI is InChI=1S/C11H18N2O4/c1-6(2)3-8-9(15)13-5-7(14)4-11(13,17)10(16)12-8/h6-8,14,17H,3-5H2,1-2H3,(H,12,16). The van der Waals surface area contributed by atoms with Crippen molar-refractivity contribution in [3.63, 3.8) is 0 Å². The molecule has 2 aliphatic rings. The van der Waals surface area contributed by atoms with Crippen molar-refractivity contribution in [2.45, 2.75) is 44.6 Å². The van der Waals surface area contributed by atoms with Gasteiger partial charge in [0.15, 0.2) is 0 Å². The number of rotatable bonds is 2. The molecule has 3 N–H and O–H groups in total. The zero-order chi connectivity index (χ0) is 12.8. The Hall–Kier alpha value is -1.14. The number of nitrogens with zero attached hydrogens (tertiary/aromatic N) is 1. The van der Waals surface area contributed by atoms with Gasteiger partial charge in [-0.1, -0.05) is 13.8 Å². The maximum atomic E-state index is 12.1. The number of fused-ring (bicyclic) bond motifs is 1. The van der Waals surface area contributed by atoms with Crippen molar-refractivity contribution in [3.05, 3.63) is 0 Å². The van der Waals surface area contributed by atoms with Crippen LogP contribution < -0.4 is 5.32 Å². The molecule has 6 nitrogen and oxygen atoms in total. The minimum absolute atomic E-state index is 0.0251. The van der Waals surface area contributed by atoms with Gasteiger partial charge < -0.3 is 20.4 Å². The first-order valence-corrected chi connectivity index (χ1v) is 5.87. The predicted molar refractivity (Wildman–Crippen MR) is 58.7 cm³/mol. The van der Waals surface area contributed by atoms with Crippen molar-refractivity contribution in [1.82, 2.24) is 10.2 Å². The SMILES string of the molecule is CC(C)CC1NC(=O)C2(O)CC(O)CN2C1=O. The fourth-order valence-electron chi connectivity index (χ4n) is 2.51. The highest BCUT2D eigenvalue weighted by Gasteiger charge is 2.56. The van der Waals surface area contributed by atoms with E-state index in [-0.39, 0.29) is 24.8 Å². The molecule has 96 valence electrons. The van der Waals surface area contributed by atoms with Crippen LogP contribution >= 0.6 is 0 Å². The molecule has 0 aromatic heterocycles. The fourth-order valence-corrected chi connectivity index (χ4v) is 2.51. The van der Waals surface area contributed by atoms with Crippen LogP contribution in [-0.4, -0.2) is 51.3 Å². The lowest BCUT2D eigenvalue weighted by molar-refractivity contribution is -0.178.